The second kappa shape index (κ2) is 7.26. The second-order valence-electron chi connectivity index (χ2n) is 4.28. The lowest BCUT2D eigenvalue weighted by atomic mass is 10.1. The van der Waals surface area contributed by atoms with Gasteiger partial charge in [0.1, 0.15) is 15.6 Å². The van der Waals surface area contributed by atoms with E-state index in [2.05, 4.69) is 15.9 Å². The first-order chi connectivity index (χ1) is 8.89. The van der Waals surface area contributed by atoms with Gasteiger partial charge in [0, 0.05) is 10.2 Å². The third-order valence-corrected chi connectivity index (χ3v) is 5.45. The van der Waals surface area contributed by atoms with E-state index >= 15 is 0 Å². The van der Waals surface area contributed by atoms with Crippen molar-refractivity contribution in [1.82, 2.24) is 0 Å². The molecule has 1 N–H and O–H groups in total. The quantitative estimate of drug-likeness (QED) is 0.820. The number of ether oxygens (including phenoxy) is 1. The molecule has 1 unspecified atom stereocenters. The van der Waals surface area contributed by atoms with E-state index in [1.165, 1.54) is 0 Å². The molecule has 0 aliphatic heterocycles. The summed E-state index contributed by atoms with van der Waals surface area (Å²) in [5.74, 6) is 0.923. The summed E-state index contributed by atoms with van der Waals surface area (Å²) in [6, 6.07) is 5.35. The maximum absolute atomic E-state index is 11.4. The molecule has 108 valence electrons. The Morgan fingerprint density at radius 1 is 1.42 bits per heavy atom. The lowest BCUT2D eigenvalue weighted by Gasteiger charge is -2.14. The Morgan fingerprint density at radius 3 is 2.68 bits per heavy atom. The summed E-state index contributed by atoms with van der Waals surface area (Å²) in [6.45, 7) is 1.63. The molecule has 1 rings (SSSR count). The van der Waals surface area contributed by atoms with Crippen LogP contribution in [0.25, 0.3) is 0 Å². The molecule has 0 saturated carbocycles. The molecule has 0 saturated heterocycles. The molecule has 0 radical (unpaired) electrons. The van der Waals surface area contributed by atoms with E-state index in [1.807, 2.05) is 0 Å². The number of aliphatic hydroxyl groups excluding tert-OH is 1. The van der Waals surface area contributed by atoms with Gasteiger partial charge < -0.3 is 9.84 Å². The summed E-state index contributed by atoms with van der Waals surface area (Å²) in [5.41, 5.74) is 0.716. The largest absolute Gasteiger partial charge is 0.497 e. The van der Waals surface area contributed by atoms with Crippen LogP contribution in [0.15, 0.2) is 22.7 Å². The Hall–Kier alpha value is -0.590. The van der Waals surface area contributed by atoms with Gasteiger partial charge in [-0.15, -0.1) is 0 Å². The van der Waals surface area contributed by atoms with Crippen LogP contribution in [-0.2, 0) is 9.84 Å². The van der Waals surface area contributed by atoms with Crippen molar-refractivity contribution in [3.05, 3.63) is 28.2 Å². The van der Waals surface area contributed by atoms with Crippen LogP contribution >= 0.6 is 15.9 Å². The van der Waals surface area contributed by atoms with E-state index in [9.17, 15) is 13.5 Å². The second-order valence-corrected chi connectivity index (χ2v) is 7.61. The Bertz CT molecular complexity index is 513. The van der Waals surface area contributed by atoms with Crippen LogP contribution in [-0.4, -0.2) is 32.1 Å². The Kier molecular flexibility index (Phi) is 6.29. The van der Waals surface area contributed by atoms with Gasteiger partial charge in [-0.25, -0.2) is 8.42 Å². The van der Waals surface area contributed by atoms with Gasteiger partial charge >= 0.3 is 0 Å². The predicted molar refractivity (Wildman–Crippen MR) is 79.2 cm³/mol. The van der Waals surface area contributed by atoms with Gasteiger partial charge in [-0.3, -0.25) is 0 Å². The first-order valence-corrected chi connectivity index (χ1v) is 8.73. The molecule has 0 aliphatic carbocycles. The Morgan fingerprint density at radius 2 is 2.11 bits per heavy atom. The van der Waals surface area contributed by atoms with Gasteiger partial charge in [0.2, 0.25) is 0 Å². The Balaban J connectivity index is 2.65. The van der Waals surface area contributed by atoms with Crippen molar-refractivity contribution in [3.63, 3.8) is 0 Å². The van der Waals surface area contributed by atoms with E-state index in [0.29, 0.717) is 24.2 Å². The number of hydrogen-bond donors (Lipinski definition) is 1. The van der Waals surface area contributed by atoms with E-state index in [4.69, 9.17) is 4.74 Å². The molecule has 19 heavy (non-hydrogen) atoms. The topological polar surface area (TPSA) is 63.6 Å². The summed E-state index contributed by atoms with van der Waals surface area (Å²) in [4.78, 5) is 0. The van der Waals surface area contributed by atoms with E-state index in [0.717, 1.165) is 4.47 Å². The third-order valence-electron chi connectivity index (χ3n) is 2.93. The summed E-state index contributed by atoms with van der Waals surface area (Å²) in [6.07, 6.45) is 0.156. The minimum atomic E-state index is -2.97. The molecule has 6 heteroatoms. The van der Waals surface area contributed by atoms with Crippen molar-refractivity contribution in [2.24, 2.45) is 0 Å². The van der Waals surface area contributed by atoms with Crippen LogP contribution in [0, 0.1) is 0 Å². The average Bonchev–Trinajstić information content (AvgIpc) is 2.39. The van der Waals surface area contributed by atoms with Crippen molar-refractivity contribution >= 4 is 25.8 Å². The molecule has 1 atom stereocenters. The van der Waals surface area contributed by atoms with Crippen molar-refractivity contribution in [1.29, 1.82) is 0 Å². The number of benzene rings is 1. The van der Waals surface area contributed by atoms with Crippen LogP contribution in [0.4, 0.5) is 0 Å². The van der Waals surface area contributed by atoms with Crippen molar-refractivity contribution < 1.29 is 18.3 Å². The summed E-state index contributed by atoms with van der Waals surface area (Å²) in [5, 5.41) is 10.1. The smallest absolute Gasteiger partial charge is 0.150 e. The molecular weight excluding hydrogens is 332 g/mol. The summed E-state index contributed by atoms with van der Waals surface area (Å²) in [7, 11) is -1.41. The van der Waals surface area contributed by atoms with Gasteiger partial charge in [-0.2, -0.15) is 0 Å². The first-order valence-electron chi connectivity index (χ1n) is 6.11. The first kappa shape index (κ1) is 16.5. The maximum atomic E-state index is 11.4. The zero-order valence-electron chi connectivity index (χ0n) is 11.1. The number of rotatable bonds is 7. The SMILES string of the molecule is CCS(=O)(=O)CCCC(O)c1cc(OC)ccc1Br. The molecule has 1 aromatic carbocycles. The van der Waals surface area contributed by atoms with Crippen LogP contribution < -0.4 is 4.74 Å². The zero-order chi connectivity index (χ0) is 14.5. The zero-order valence-corrected chi connectivity index (χ0v) is 13.5. The molecule has 4 nitrogen and oxygen atoms in total. The molecule has 0 aliphatic rings. The van der Waals surface area contributed by atoms with Gasteiger partial charge in [0.25, 0.3) is 0 Å². The van der Waals surface area contributed by atoms with Crippen LogP contribution in [0.5, 0.6) is 5.75 Å². The number of hydrogen-bond acceptors (Lipinski definition) is 4. The minimum absolute atomic E-state index is 0.113. The lowest BCUT2D eigenvalue weighted by Crippen LogP contribution is -2.10. The minimum Gasteiger partial charge on any atom is -0.497 e. The molecule has 0 bridgehead atoms. The normalized spacial score (nSPS) is 13.3. The standard InChI is InChI=1S/C13H19BrO4S/c1-3-19(16,17)8-4-5-13(15)11-9-10(18-2)6-7-12(11)14/h6-7,9,13,15H,3-5,8H2,1-2H3. The molecule has 0 aromatic heterocycles. The van der Waals surface area contributed by atoms with E-state index < -0.39 is 15.9 Å². The van der Waals surface area contributed by atoms with E-state index in [1.54, 1.807) is 32.2 Å². The highest BCUT2D eigenvalue weighted by Gasteiger charge is 2.14. The fourth-order valence-corrected chi connectivity index (χ4v) is 3.11. The van der Waals surface area contributed by atoms with Crippen LogP contribution in [0.2, 0.25) is 0 Å². The third kappa shape index (κ3) is 5.12. The van der Waals surface area contributed by atoms with Gasteiger partial charge in [-0.05, 0) is 36.6 Å². The number of halogens is 1. The highest BCUT2D eigenvalue weighted by atomic mass is 79.9. The van der Waals surface area contributed by atoms with Crippen molar-refractivity contribution in [3.8, 4) is 5.75 Å². The van der Waals surface area contributed by atoms with Crippen LogP contribution in [0.1, 0.15) is 31.4 Å². The number of methoxy groups -OCH3 is 1. The van der Waals surface area contributed by atoms with Crippen LogP contribution in [0.3, 0.4) is 0 Å². The fraction of sp³-hybridized carbons (Fsp3) is 0.538. The highest BCUT2D eigenvalue weighted by Crippen LogP contribution is 2.30. The molecule has 0 amide bonds. The fourth-order valence-electron chi connectivity index (χ4n) is 1.70. The lowest BCUT2D eigenvalue weighted by molar-refractivity contribution is 0.165. The van der Waals surface area contributed by atoms with Gasteiger partial charge in [-0.1, -0.05) is 22.9 Å². The predicted octanol–water partition coefficient (Wildman–Crippen LogP) is 2.71. The molecule has 1 aromatic rings. The van der Waals surface area contributed by atoms with Gasteiger partial charge in [0.15, 0.2) is 0 Å². The Labute approximate surface area is 122 Å². The van der Waals surface area contributed by atoms with Crippen molar-refractivity contribution in [2.45, 2.75) is 25.9 Å². The van der Waals surface area contributed by atoms with E-state index in [-0.39, 0.29) is 11.5 Å². The summed E-state index contributed by atoms with van der Waals surface area (Å²) >= 11 is 3.37. The summed E-state index contributed by atoms with van der Waals surface area (Å²) < 4.78 is 28.6. The molecule has 0 heterocycles. The molecular formula is C13H19BrO4S. The van der Waals surface area contributed by atoms with Crippen molar-refractivity contribution in [2.75, 3.05) is 18.6 Å². The molecule has 0 fully saturated rings. The average molecular weight is 351 g/mol. The number of sulfone groups is 1. The molecule has 0 spiro atoms. The monoisotopic (exact) mass is 350 g/mol. The number of aliphatic hydroxyl groups is 1. The maximum Gasteiger partial charge on any atom is 0.150 e. The highest BCUT2D eigenvalue weighted by molar-refractivity contribution is 9.10. The van der Waals surface area contributed by atoms with Gasteiger partial charge in [0.05, 0.1) is 19.0 Å².